The first kappa shape index (κ1) is 13.6. The number of hydrogen-bond donors (Lipinski definition) is 1. The topological polar surface area (TPSA) is 65.0 Å². The van der Waals surface area contributed by atoms with Gasteiger partial charge in [0.1, 0.15) is 5.71 Å². The predicted octanol–water partition coefficient (Wildman–Crippen LogP) is -0.337. The Hall–Kier alpha value is -1.43. The third-order valence-electron chi connectivity index (χ3n) is 2.60. The minimum Gasteiger partial charge on any atom is -0.341 e. The van der Waals surface area contributed by atoms with Gasteiger partial charge in [0.25, 0.3) is 5.91 Å². The number of rotatable bonds is 5. The second-order valence-electron chi connectivity index (χ2n) is 4.48. The maximum Gasteiger partial charge on any atom is 0.269 e. The van der Waals surface area contributed by atoms with E-state index in [-0.39, 0.29) is 11.8 Å². The van der Waals surface area contributed by atoms with Gasteiger partial charge in [0.2, 0.25) is 5.91 Å². The van der Waals surface area contributed by atoms with Crippen LogP contribution >= 0.6 is 0 Å². The fourth-order valence-corrected chi connectivity index (χ4v) is 1.57. The zero-order chi connectivity index (χ0) is 12.8. The summed E-state index contributed by atoms with van der Waals surface area (Å²) in [6.07, 6.45) is 1.70. The molecule has 0 unspecified atom stereocenters. The van der Waals surface area contributed by atoms with Crippen molar-refractivity contribution in [1.82, 2.24) is 15.2 Å². The lowest BCUT2D eigenvalue weighted by Gasteiger charge is -2.20. The first-order valence-electron chi connectivity index (χ1n) is 5.76. The van der Waals surface area contributed by atoms with Gasteiger partial charge in [-0.1, -0.05) is 0 Å². The van der Waals surface area contributed by atoms with Gasteiger partial charge in [0.05, 0.1) is 0 Å². The van der Waals surface area contributed by atoms with Crippen molar-refractivity contribution in [2.75, 3.05) is 34.2 Å². The van der Waals surface area contributed by atoms with Crippen LogP contribution in [0, 0.1) is 0 Å². The molecule has 0 aliphatic carbocycles. The van der Waals surface area contributed by atoms with E-state index in [9.17, 15) is 9.59 Å². The second kappa shape index (κ2) is 6.34. The summed E-state index contributed by atoms with van der Waals surface area (Å²) >= 11 is 0. The van der Waals surface area contributed by atoms with Crippen LogP contribution in [0.4, 0.5) is 0 Å². The van der Waals surface area contributed by atoms with Gasteiger partial charge in [0.15, 0.2) is 0 Å². The Morgan fingerprint density at radius 1 is 1.29 bits per heavy atom. The van der Waals surface area contributed by atoms with Gasteiger partial charge < -0.3 is 9.80 Å². The van der Waals surface area contributed by atoms with Crippen molar-refractivity contribution in [3.8, 4) is 0 Å². The molecule has 6 nitrogen and oxygen atoms in total. The van der Waals surface area contributed by atoms with Gasteiger partial charge in [0, 0.05) is 26.4 Å². The summed E-state index contributed by atoms with van der Waals surface area (Å²) in [4.78, 5) is 26.5. The Bertz CT molecular complexity index is 325. The quantitative estimate of drug-likeness (QED) is 0.715. The van der Waals surface area contributed by atoms with E-state index >= 15 is 0 Å². The predicted molar refractivity (Wildman–Crippen MR) is 65.6 cm³/mol. The molecule has 1 rings (SSSR count). The largest absolute Gasteiger partial charge is 0.341 e. The number of amides is 2. The van der Waals surface area contributed by atoms with Gasteiger partial charge in [-0.25, -0.2) is 5.43 Å². The van der Waals surface area contributed by atoms with E-state index in [1.165, 1.54) is 0 Å². The molecule has 1 aliphatic rings. The van der Waals surface area contributed by atoms with Crippen LogP contribution in [0.1, 0.15) is 19.3 Å². The highest BCUT2D eigenvalue weighted by atomic mass is 16.2. The summed E-state index contributed by atoms with van der Waals surface area (Å²) in [5.41, 5.74) is 2.78. The molecule has 0 aromatic rings. The number of hydrazone groups is 1. The van der Waals surface area contributed by atoms with Crippen molar-refractivity contribution in [2.45, 2.75) is 19.3 Å². The molecule has 1 aliphatic heterocycles. The van der Waals surface area contributed by atoms with Crippen LogP contribution in [0.5, 0.6) is 0 Å². The highest BCUT2D eigenvalue weighted by Crippen LogP contribution is 2.03. The first-order chi connectivity index (χ1) is 8.00. The molecule has 0 aromatic carbocycles. The zero-order valence-electron chi connectivity index (χ0n) is 10.7. The fourth-order valence-electron chi connectivity index (χ4n) is 1.57. The minimum atomic E-state index is -0.128. The molecule has 2 amide bonds. The van der Waals surface area contributed by atoms with Crippen LogP contribution in [0.2, 0.25) is 0 Å². The van der Waals surface area contributed by atoms with Gasteiger partial charge in [-0.05, 0) is 27.1 Å². The Kier molecular flexibility index (Phi) is 5.09. The number of nitrogens with zero attached hydrogens (tertiary/aromatic N) is 3. The second-order valence-corrected chi connectivity index (χ2v) is 4.48. The molecule has 6 heteroatoms. The average molecular weight is 240 g/mol. The average Bonchev–Trinajstić information content (AvgIpc) is 2.28. The van der Waals surface area contributed by atoms with E-state index in [1.807, 2.05) is 14.1 Å². The number of carbonyl (C=O) groups is 2. The van der Waals surface area contributed by atoms with Gasteiger partial charge in [-0.3, -0.25) is 9.59 Å². The van der Waals surface area contributed by atoms with E-state index in [4.69, 9.17) is 0 Å². The molecule has 0 saturated carbocycles. The Morgan fingerprint density at radius 3 is 2.53 bits per heavy atom. The standard InChI is InChI=1S/C11H20N4O2/c1-14(2)7-4-8-15(3)11(17)9-5-6-10(16)13-12-9/h4-8H2,1-3H3,(H,13,16). The lowest BCUT2D eigenvalue weighted by atomic mass is 10.1. The molecular weight excluding hydrogens is 220 g/mol. The van der Waals surface area contributed by atoms with E-state index in [2.05, 4.69) is 15.4 Å². The first-order valence-corrected chi connectivity index (χ1v) is 5.76. The Labute approximate surface area is 102 Å². The highest BCUT2D eigenvalue weighted by molar-refractivity contribution is 6.39. The number of hydrogen-bond acceptors (Lipinski definition) is 4. The van der Waals surface area contributed by atoms with Crippen LogP contribution in [0.25, 0.3) is 0 Å². The van der Waals surface area contributed by atoms with Crippen LogP contribution in [-0.4, -0.2) is 61.6 Å². The molecular formula is C11H20N4O2. The van der Waals surface area contributed by atoms with Gasteiger partial charge in [-0.2, -0.15) is 5.10 Å². The van der Waals surface area contributed by atoms with Crippen molar-refractivity contribution in [2.24, 2.45) is 5.10 Å². The molecule has 0 aromatic heterocycles. The third-order valence-corrected chi connectivity index (χ3v) is 2.60. The molecule has 0 radical (unpaired) electrons. The molecule has 1 N–H and O–H groups in total. The summed E-state index contributed by atoms with van der Waals surface area (Å²) in [7, 11) is 5.77. The van der Waals surface area contributed by atoms with Crippen LogP contribution in [0.15, 0.2) is 5.10 Å². The molecule has 1 heterocycles. The van der Waals surface area contributed by atoms with Crippen LogP contribution < -0.4 is 5.43 Å². The number of nitrogens with one attached hydrogen (secondary N) is 1. The molecule has 0 fully saturated rings. The smallest absolute Gasteiger partial charge is 0.269 e. The molecule has 0 spiro atoms. The van der Waals surface area contributed by atoms with E-state index in [0.29, 0.717) is 25.1 Å². The van der Waals surface area contributed by atoms with Gasteiger partial charge >= 0.3 is 0 Å². The van der Waals surface area contributed by atoms with Crippen molar-refractivity contribution in [3.05, 3.63) is 0 Å². The summed E-state index contributed by atoms with van der Waals surface area (Å²) in [5.74, 6) is -0.222. The third kappa shape index (κ3) is 4.52. The summed E-state index contributed by atoms with van der Waals surface area (Å²) in [6.45, 7) is 1.64. The van der Waals surface area contributed by atoms with Crippen molar-refractivity contribution >= 4 is 17.5 Å². The Balaban J connectivity index is 2.38. The lowest BCUT2D eigenvalue weighted by molar-refractivity contribution is -0.123. The maximum atomic E-state index is 11.9. The Morgan fingerprint density at radius 2 is 2.00 bits per heavy atom. The molecule has 17 heavy (non-hydrogen) atoms. The van der Waals surface area contributed by atoms with Crippen molar-refractivity contribution in [1.29, 1.82) is 0 Å². The molecule has 0 atom stereocenters. The lowest BCUT2D eigenvalue weighted by Crippen LogP contribution is -2.39. The van der Waals surface area contributed by atoms with E-state index in [1.54, 1.807) is 11.9 Å². The minimum absolute atomic E-state index is 0.0937. The summed E-state index contributed by atoms with van der Waals surface area (Å²) in [6, 6.07) is 0. The summed E-state index contributed by atoms with van der Waals surface area (Å²) in [5, 5.41) is 3.79. The zero-order valence-corrected chi connectivity index (χ0v) is 10.7. The van der Waals surface area contributed by atoms with Crippen molar-refractivity contribution < 1.29 is 9.59 Å². The SMILES string of the molecule is CN(C)CCCN(C)C(=O)C1=NNC(=O)CC1. The highest BCUT2D eigenvalue weighted by Gasteiger charge is 2.20. The van der Waals surface area contributed by atoms with E-state index < -0.39 is 0 Å². The van der Waals surface area contributed by atoms with Gasteiger partial charge in [-0.15, -0.1) is 0 Å². The molecule has 96 valence electrons. The van der Waals surface area contributed by atoms with Crippen LogP contribution in [0.3, 0.4) is 0 Å². The number of carbonyl (C=O) groups excluding carboxylic acids is 2. The molecule has 0 bridgehead atoms. The normalized spacial score (nSPS) is 15.5. The van der Waals surface area contributed by atoms with E-state index in [0.717, 1.165) is 13.0 Å². The molecule has 0 saturated heterocycles. The van der Waals surface area contributed by atoms with Crippen molar-refractivity contribution in [3.63, 3.8) is 0 Å². The fraction of sp³-hybridized carbons (Fsp3) is 0.727. The van der Waals surface area contributed by atoms with Crippen LogP contribution in [-0.2, 0) is 9.59 Å². The maximum absolute atomic E-state index is 11.9. The summed E-state index contributed by atoms with van der Waals surface area (Å²) < 4.78 is 0. The monoisotopic (exact) mass is 240 g/mol.